The van der Waals surface area contributed by atoms with Crippen molar-refractivity contribution >= 4 is 0 Å². The number of fused-ring (bicyclic) bond motifs is 1. The van der Waals surface area contributed by atoms with E-state index in [2.05, 4.69) is 54.7 Å². The van der Waals surface area contributed by atoms with Crippen LogP contribution < -0.4 is 10.1 Å². The maximum atomic E-state index is 6.09. The first kappa shape index (κ1) is 13.2. The van der Waals surface area contributed by atoms with Gasteiger partial charge in [-0.05, 0) is 37.6 Å². The molecule has 2 aromatic carbocycles. The van der Waals surface area contributed by atoms with Crippen molar-refractivity contribution in [3.63, 3.8) is 0 Å². The molecular formula is C18H21NO. The fourth-order valence-corrected chi connectivity index (χ4v) is 2.83. The van der Waals surface area contributed by atoms with Gasteiger partial charge >= 0.3 is 0 Å². The lowest BCUT2D eigenvalue weighted by molar-refractivity contribution is 0.182. The summed E-state index contributed by atoms with van der Waals surface area (Å²) in [6.45, 7) is 2.12. The van der Waals surface area contributed by atoms with Crippen LogP contribution in [0.3, 0.4) is 0 Å². The fourth-order valence-electron chi connectivity index (χ4n) is 2.83. The Bertz CT molecular complexity index is 551. The smallest absolute Gasteiger partial charge is 0.123 e. The molecule has 0 aromatic heterocycles. The van der Waals surface area contributed by atoms with E-state index in [4.69, 9.17) is 4.74 Å². The molecule has 0 fully saturated rings. The highest BCUT2D eigenvalue weighted by Gasteiger charge is 2.29. The summed E-state index contributed by atoms with van der Waals surface area (Å²) in [5.74, 6) is 1.04. The molecule has 0 aliphatic carbocycles. The third-order valence-electron chi connectivity index (χ3n) is 4.07. The van der Waals surface area contributed by atoms with E-state index in [1.54, 1.807) is 0 Å². The van der Waals surface area contributed by atoms with Crippen LogP contribution >= 0.6 is 0 Å². The van der Waals surface area contributed by atoms with Crippen molar-refractivity contribution in [3.05, 3.63) is 65.2 Å². The van der Waals surface area contributed by atoms with E-state index in [1.807, 2.05) is 13.1 Å². The maximum absolute atomic E-state index is 6.09. The minimum Gasteiger partial charge on any atom is -0.488 e. The number of aryl methyl sites for hydroxylation is 1. The van der Waals surface area contributed by atoms with Crippen LogP contribution in [0, 0.1) is 6.92 Å². The molecular weight excluding hydrogens is 246 g/mol. The summed E-state index contributed by atoms with van der Waals surface area (Å²) in [4.78, 5) is 0. The summed E-state index contributed by atoms with van der Waals surface area (Å²) in [5, 5.41) is 3.42. The van der Waals surface area contributed by atoms with Gasteiger partial charge in [-0.2, -0.15) is 0 Å². The van der Waals surface area contributed by atoms with Crippen molar-refractivity contribution in [1.82, 2.24) is 5.32 Å². The van der Waals surface area contributed by atoms with Crippen LogP contribution in [0.15, 0.2) is 48.5 Å². The Morgan fingerprint density at radius 1 is 1.15 bits per heavy atom. The molecule has 0 bridgehead atoms. The lowest BCUT2D eigenvalue weighted by Crippen LogP contribution is -2.42. The third-order valence-corrected chi connectivity index (χ3v) is 4.07. The van der Waals surface area contributed by atoms with Crippen LogP contribution in [-0.2, 0) is 12.8 Å². The third kappa shape index (κ3) is 2.70. The van der Waals surface area contributed by atoms with Crippen molar-refractivity contribution in [2.45, 2.75) is 31.9 Å². The molecule has 2 unspecified atom stereocenters. The zero-order valence-corrected chi connectivity index (χ0v) is 12.1. The van der Waals surface area contributed by atoms with E-state index in [0.29, 0.717) is 6.04 Å². The summed E-state index contributed by atoms with van der Waals surface area (Å²) >= 11 is 0. The summed E-state index contributed by atoms with van der Waals surface area (Å²) in [5.41, 5.74) is 3.98. The minimum absolute atomic E-state index is 0.221. The van der Waals surface area contributed by atoms with E-state index in [9.17, 15) is 0 Å². The van der Waals surface area contributed by atoms with E-state index < -0.39 is 0 Å². The number of hydrogen-bond acceptors (Lipinski definition) is 2. The van der Waals surface area contributed by atoms with Gasteiger partial charge in [0.1, 0.15) is 11.9 Å². The Kier molecular flexibility index (Phi) is 3.75. The molecule has 2 atom stereocenters. The van der Waals surface area contributed by atoms with Crippen LogP contribution in [0.2, 0.25) is 0 Å². The zero-order chi connectivity index (χ0) is 13.9. The molecule has 104 valence electrons. The van der Waals surface area contributed by atoms with Gasteiger partial charge in [0.05, 0.1) is 0 Å². The number of nitrogens with one attached hydrogen (secondary N) is 1. The molecule has 0 radical (unpaired) electrons. The zero-order valence-electron chi connectivity index (χ0n) is 12.1. The van der Waals surface area contributed by atoms with Gasteiger partial charge in [-0.15, -0.1) is 0 Å². The Morgan fingerprint density at radius 3 is 2.60 bits per heavy atom. The Balaban J connectivity index is 1.71. The molecule has 2 aromatic rings. The first-order valence-electron chi connectivity index (χ1n) is 7.23. The molecule has 3 rings (SSSR count). The number of likely N-dealkylation sites (N-methyl/N-ethyl adjacent to an activating group) is 1. The normalized spacial score (nSPS) is 18.4. The van der Waals surface area contributed by atoms with Gasteiger partial charge in [0.2, 0.25) is 0 Å². The Morgan fingerprint density at radius 2 is 1.90 bits per heavy atom. The highest BCUT2D eigenvalue weighted by Crippen LogP contribution is 2.30. The highest BCUT2D eigenvalue weighted by molar-refractivity contribution is 5.38. The summed E-state index contributed by atoms with van der Waals surface area (Å²) in [6.07, 6.45) is 2.21. The monoisotopic (exact) mass is 267 g/mol. The predicted molar refractivity (Wildman–Crippen MR) is 82.3 cm³/mol. The molecule has 1 aliphatic heterocycles. The maximum Gasteiger partial charge on any atom is 0.123 e. The molecule has 0 amide bonds. The molecule has 1 heterocycles. The second-order valence-corrected chi connectivity index (χ2v) is 5.55. The summed E-state index contributed by atoms with van der Waals surface area (Å²) in [7, 11) is 2.02. The Labute approximate surface area is 120 Å². The minimum atomic E-state index is 0.221. The molecule has 1 N–H and O–H groups in total. The topological polar surface area (TPSA) is 21.3 Å². The predicted octanol–water partition coefficient (Wildman–Crippen LogP) is 3.13. The van der Waals surface area contributed by atoms with Crippen LogP contribution in [-0.4, -0.2) is 19.2 Å². The van der Waals surface area contributed by atoms with Crippen molar-refractivity contribution in [2.24, 2.45) is 0 Å². The van der Waals surface area contributed by atoms with Gasteiger partial charge in [0.15, 0.2) is 0 Å². The molecule has 20 heavy (non-hydrogen) atoms. The number of hydrogen-bond donors (Lipinski definition) is 1. The van der Waals surface area contributed by atoms with E-state index in [0.717, 1.165) is 18.6 Å². The quantitative estimate of drug-likeness (QED) is 0.919. The van der Waals surface area contributed by atoms with Crippen molar-refractivity contribution in [3.8, 4) is 5.75 Å². The average molecular weight is 267 g/mol. The Hall–Kier alpha value is -1.80. The van der Waals surface area contributed by atoms with Gasteiger partial charge in [-0.25, -0.2) is 0 Å². The number of ether oxygens (including phenoxy) is 1. The van der Waals surface area contributed by atoms with Gasteiger partial charge < -0.3 is 10.1 Å². The van der Waals surface area contributed by atoms with Crippen LogP contribution in [0.25, 0.3) is 0 Å². The molecule has 2 heteroatoms. The van der Waals surface area contributed by atoms with Crippen LogP contribution in [0.1, 0.15) is 16.7 Å². The van der Waals surface area contributed by atoms with Gasteiger partial charge in [0.25, 0.3) is 0 Å². The SMILES string of the molecule is CNC(Cc1ccc(C)cc1)C1Cc2ccccc2O1. The highest BCUT2D eigenvalue weighted by atomic mass is 16.5. The van der Waals surface area contributed by atoms with Crippen molar-refractivity contribution in [1.29, 1.82) is 0 Å². The van der Waals surface area contributed by atoms with Gasteiger partial charge in [-0.1, -0.05) is 48.0 Å². The van der Waals surface area contributed by atoms with Gasteiger partial charge in [-0.3, -0.25) is 0 Å². The van der Waals surface area contributed by atoms with Crippen LogP contribution in [0.4, 0.5) is 0 Å². The summed E-state index contributed by atoms with van der Waals surface area (Å²) in [6, 6.07) is 17.4. The molecule has 2 nitrogen and oxygen atoms in total. The second-order valence-electron chi connectivity index (χ2n) is 5.55. The van der Waals surface area contributed by atoms with E-state index >= 15 is 0 Å². The first-order valence-corrected chi connectivity index (χ1v) is 7.23. The van der Waals surface area contributed by atoms with Gasteiger partial charge in [0, 0.05) is 12.5 Å². The summed E-state index contributed by atoms with van der Waals surface area (Å²) < 4.78 is 6.09. The largest absolute Gasteiger partial charge is 0.488 e. The second kappa shape index (κ2) is 5.68. The standard InChI is InChI=1S/C18H21NO/c1-13-7-9-14(10-8-13)11-16(19-2)18-12-15-5-3-4-6-17(15)20-18/h3-10,16,18-19H,11-12H2,1-2H3. The number of rotatable bonds is 4. The lowest BCUT2D eigenvalue weighted by atomic mass is 9.97. The molecule has 0 saturated heterocycles. The molecule has 0 saturated carbocycles. The average Bonchev–Trinajstić information content (AvgIpc) is 2.90. The van der Waals surface area contributed by atoms with Crippen molar-refractivity contribution in [2.75, 3.05) is 7.05 Å². The van der Waals surface area contributed by atoms with E-state index in [-0.39, 0.29) is 6.10 Å². The fraction of sp³-hybridized carbons (Fsp3) is 0.333. The van der Waals surface area contributed by atoms with Crippen molar-refractivity contribution < 1.29 is 4.74 Å². The number of para-hydroxylation sites is 1. The van der Waals surface area contributed by atoms with Crippen LogP contribution in [0.5, 0.6) is 5.75 Å². The first-order chi connectivity index (χ1) is 9.76. The lowest BCUT2D eigenvalue weighted by Gasteiger charge is -2.23. The number of benzene rings is 2. The van der Waals surface area contributed by atoms with E-state index in [1.165, 1.54) is 16.7 Å². The molecule has 1 aliphatic rings. The molecule has 0 spiro atoms.